The molecule has 30 heavy (non-hydrogen) atoms. The lowest BCUT2D eigenvalue weighted by atomic mass is 9.68. The molecule has 0 saturated heterocycles. The summed E-state index contributed by atoms with van der Waals surface area (Å²) in [5.41, 5.74) is 0.746. The predicted molar refractivity (Wildman–Crippen MR) is 108 cm³/mol. The number of rotatable bonds is 3. The smallest absolute Gasteiger partial charge is 0.290 e. The number of halogens is 3. The molecule has 3 aromatic heterocycles. The zero-order chi connectivity index (χ0) is 21.3. The number of carboxylic acid groups (broad SMARTS) is 1. The highest BCUT2D eigenvalue weighted by atomic mass is 35.5. The number of hydrogen-bond acceptors (Lipinski definition) is 5. The Morgan fingerprint density at radius 3 is 2.60 bits per heavy atom. The van der Waals surface area contributed by atoms with Gasteiger partial charge in [-0.1, -0.05) is 24.4 Å². The average molecular weight is 436 g/mol. The monoisotopic (exact) mass is 435 g/mol. The van der Waals surface area contributed by atoms with Crippen LogP contribution in [0.1, 0.15) is 32.1 Å². The molecule has 0 aliphatic heterocycles. The topological polar surface area (TPSA) is 104 Å². The van der Waals surface area contributed by atoms with Gasteiger partial charge in [-0.15, -0.1) is 0 Å². The predicted octanol–water partition coefficient (Wildman–Crippen LogP) is 4.64. The maximum Gasteiger partial charge on any atom is 0.290 e. The van der Waals surface area contributed by atoms with Gasteiger partial charge in [0.2, 0.25) is 0 Å². The standard InChI is InChI=1S/C19H18ClF2N5.CH2O2/c20-11-6-12-16(26-27-18(12)23-8-11)17-13(21)7-14(22)19(25-17)24-15-5-9-1-3-10(15)4-2-9;2-1-3/h6-10,15H,1-5H2,(H,24,25)(H,23,26,27);1H,(H,2,3)/t9?,10?,15-;/m1./s1. The summed E-state index contributed by atoms with van der Waals surface area (Å²) in [6, 6.07) is 2.70. The summed E-state index contributed by atoms with van der Waals surface area (Å²) in [5.74, 6) is -0.131. The molecule has 3 aliphatic carbocycles. The molecule has 1 atom stereocenters. The maximum atomic E-state index is 14.5. The van der Waals surface area contributed by atoms with Crippen LogP contribution in [0.15, 0.2) is 18.3 Å². The Morgan fingerprint density at radius 2 is 1.93 bits per heavy atom. The third kappa shape index (κ3) is 3.94. The highest BCUT2D eigenvalue weighted by Crippen LogP contribution is 2.42. The zero-order valence-corrected chi connectivity index (χ0v) is 16.7. The number of aromatic amines is 1. The van der Waals surface area contributed by atoms with E-state index in [1.807, 2.05) is 0 Å². The molecular formula is C20H20ClF2N5O2. The van der Waals surface area contributed by atoms with Gasteiger partial charge in [-0.25, -0.2) is 18.7 Å². The summed E-state index contributed by atoms with van der Waals surface area (Å²) in [7, 11) is 0. The SMILES string of the molecule is Fc1cc(F)c(-c2[nH]nc3ncc(Cl)cc23)nc1N[C@@H]1CC2CCC1CC2.O=CO. The van der Waals surface area contributed by atoms with Gasteiger partial charge < -0.3 is 10.4 Å². The van der Waals surface area contributed by atoms with Crippen LogP contribution in [-0.2, 0) is 4.79 Å². The maximum absolute atomic E-state index is 14.5. The van der Waals surface area contributed by atoms with Crippen molar-refractivity contribution >= 4 is 34.9 Å². The molecule has 3 fully saturated rings. The lowest BCUT2D eigenvalue weighted by molar-refractivity contribution is -0.122. The second-order valence-electron chi connectivity index (χ2n) is 7.65. The molecule has 3 saturated carbocycles. The van der Waals surface area contributed by atoms with Crippen LogP contribution in [0.3, 0.4) is 0 Å². The number of H-pyrrole nitrogens is 1. The third-order valence-electron chi connectivity index (χ3n) is 5.91. The fraction of sp³-hybridized carbons (Fsp3) is 0.400. The van der Waals surface area contributed by atoms with E-state index in [0.717, 1.165) is 25.3 Å². The molecule has 10 heteroatoms. The molecule has 0 spiro atoms. The van der Waals surface area contributed by atoms with Gasteiger partial charge in [0.25, 0.3) is 6.47 Å². The van der Waals surface area contributed by atoms with Crippen LogP contribution >= 0.6 is 11.6 Å². The first kappa shape index (κ1) is 20.5. The summed E-state index contributed by atoms with van der Waals surface area (Å²) >= 11 is 6.01. The van der Waals surface area contributed by atoms with E-state index in [1.165, 1.54) is 19.0 Å². The summed E-state index contributed by atoms with van der Waals surface area (Å²) in [6.07, 6.45) is 7.31. The first-order valence-corrected chi connectivity index (χ1v) is 10.1. The molecule has 7 nitrogen and oxygen atoms in total. The van der Waals surface area contributed by atoms with Crippen LogP contribution in [0.2, 0.25) is 5.02 Å². The number of pyridine rings is 2. The van der Waals surface area contributed by atoms with Gasteiger partial charge in [0, 0.05) is 23.7 Å². The van der Waals surface area contributed by atoms with Gasteiger partial charge in [-0.3, -0.25) is 9.89 Å². The van der Waals surface area contributed by atoms with Crippen molar-refractivity contribution in [3.63, 3.8) is 0 Å². The van der Waals surface area contributed by atoms with Crippen molar-refractivity contribution in [3.05, 3.63) is 35.0 Å². The van der Waals surface area contributed by atoms with E-state index in [-0.39, 0.29) is 24.0 Å². The van der Waals surface area contributed by atoms with E-state index >= 15 is 0 Å². The average Bonchev–Trinajstić information content (AvgIpc) is 3.14. The van der Waals surface area contributed by atoms with E-state index in [4.69, 9.17) is 21.5 Å². The summed E-state index contributed by atoms with van der Waals surface area (Å²) in [5, 5.41) is 17.9. The minimum Gasteiger partial charge on any atom is -0.483 e. The molecule has 158 valence electrons. The second-order valence-corrected chi connectivity index (χ2v) is 8.08. The Balaban J connectivity index is 0.000000687. The van der Waals surface area contributed by atoms with Crippen molar-refractivity contribution in [1.82, 2.24) is 20.2 Å². The Hall–Kier alpha value is -2.81. The number of nitrogens with zero attached hydrogens (tertiary/aromatic N) is 3. The molecule has 0 unspecified atom stereocenters. The lowest BCUT2D eigenvalue weighted by Crippen LogP contribution is -2.40. The van der Waals surface area contributed by atoms with Gasteiger partial charge in [-0.2, -0.15) is 5.10 Å². The van der Waals surface area contributed by atoms with Gasteiger partial charge in [0.15, 0.2) is 23.1 Å². The van der Waals surface area contributed by atoms with E-state index in [9.17, 15) is 8.78 Å². The van der Waals surface area contributed by atoms with Crippen molar-refractivity contribution in [2.75, 3.05) is 5.32 Å². The van der Waals surface area contributed by atoms with Crippen LogP contribution in [-0.4, -0.2) is 37.8 Å². The Kier molecular flexibility index (Phi) is 5.80. The number of carbonyl (C=O) groups is 1. The first-order valence-electron chi connectivity index (χ1n) is 9.70. The summed E-state index contributed by atoms with van der Waals surface area (Å²) < 4.78 is 28.9. The van der Waals surface area contributed by atoms with Crippen LogP contribution in [0, 0.1) is 23.5 Å². The van der Waals surface area contributed by atoms with Crippen LogP contribution in [0.4, 0.5) is 14.6 Å². The lowest BCUT2D eigenvalue weighted by Gasteiger charge is -2.42. The van der Waals surface area contributed by atoms with Crippen LogP contribution in [0.5, 0.6) is 0 Å². The van der Waals surface area contributed by atoms with Gasteiger partial charge in [0.05, 0.1) is 10.7 Å². The molecular weight excluding hydrogens is 416 g/mol. The minimum absolute atomic E-state index is 0.00596. The van der Waals surface area contributed by atoms with E-state index in [1.54, 1.807) is 6.07 Å². The van der Waals surface area contributed by atoms with Crippen molar-refractivity contribution in [1.29, 1.82) is 0 Å². The van der Waals surface area contributed by atoms with Gasteiger partial charge >= 0.3 is 0 Å². The third-order valence-corrected chi connectivity index (χ3v) is 6.12. The molecule has 0 aromatic carbocycles. The quantitative estimate of drug-likeness (QED) is 0.517. The molecule has 3 aromatic rings. The van der Waals surface area contributed by atoms with Crippen molar-refractivity contribution in [2.24, 2.45) is 11.8 Å². The highest BCUT2D eigenvalue weighted by Gasteiger charge is 2.36. The Morgan fingerprint density at radius 1 is 1.20 bits per heavy atom. The van der Waals surface area contributed by atoms with Gasteiger partial charge in [-0.05, 0) is 37.2 Å². The van der Waals surface area contributed by atoms with Crippen molar-refractivity contribution in [2.45, 2.75) is 38.1 Å². The Labute approximate surface area is 175 Å². The number of aromatic nitrogens is 4. The molecule has 0 amide bonds. The number of fused-ring (bicyclic) bond motifs is 4. The number of nitrogens with one attached hydrogen (secondary N) is 2. The normalized spacial score (nSPS) is 22.4. The van der Waals surface area contributed by atoms with E-state index in [2.05, 4.69) is 25.5 Å². The van der Waals surface area contributed by atoms with Crippen molar-refractivity contribution < 1.29 is 18.7 Å². The molecule has 3 N–H and O–H groups in total. The fourth-order valence-electron chi connectivity index (χ4n) is 4.53. The minimum atomic E-state index is -0.756. The molecule has 3 heterocycles. The molecule has 6 rings (SSSR count). The van der Waals surface area contributed by atoms with Crippen molar-refractivity contribution in [3.8, 4) is 11.4 Å². The summed E-state index contributed by atoms with van der Waals surface area (Å²) in [6.45, 7) is -0.250. The molecule has 2 bridgehead atoms. The van der Waals surface area contributed by atoms with Gasteiger partial charge in [0.1, 0.15) is 5.69 Å². The Bertz CT molecular complexity index is 1070. The van der Waals surface area contributed by atoms with Crippen LogP contribution < -0.4 is 5.32 Å². The number of anilines is 1. The summed E-state index contributed by atoms with van der Waals surface area (Å²) in [4.78, 5) is 16.7. The molecule has 3 aliphatic rings. The largest absolute Gasteiger partial charge is 0.483 e. The van der Waals surface area contributed by atoms with E-state index < -0.39 is 11.6 Å². The van der Waals surface area contributed by atoms with E-state index in [0.29, 0.717) is 33.6 Å². The highest BCUT2D eigenvalue weighted by molar-refractivity contribution is 6.31. The zero-order valence-electron chi connectivity index (χ0n) is 15.9. The molecule has 0 radical (unpaired) electrons. The fourth-order valence-corrected chi connectivity index (χ4v) is 4.69. The second kappa shape index (κ2) is 8.51. The van der Waals surface area contributed by atoms with Crippen LogP contribution in [0.25, 0.3) is 22.4 Å². The number of hydrogen-bond donors (Lipinski definition) is 3. The first-order chi connectivity index (χ1) is 14.5.